The van der Waals surface area contributed by atoms with Crippen LogP contribution >= 0.6 is 0 Å². The van der Waals surface area contributed by atoms with Crippen LogP contribution in [-0.4, -0.2) is 42.4 Å². The Hall–Kier alpha value is -3.25. The molecule has 1 N–H and O–H groups in total. The lowest BCUT2D eigenvalue weighted by molar-refractivity contribution is 0.102. The Balaban J connectivity index is 1.51. The van der Waals surface area contributed by atoms with Crippen molar-refractivity contribution in [3.8, 4) is 11.3 Å². The third kappa shape index (κ3) is 4.12. The third-order valence-electron chi connectivity index (χ3n) is 4.44. The van der Waals surface area contributed by atoms with Crippen molar-refractivity contribution in [2.45, 2.75) is 0 Å². The minimum Gasteiger partial charge on any atom is -0.378 e. The van der Waals surface area contributed by atoms with Gasteiger partial charge in [0.05, 0.1) is 18.9 Å². The lowest BCUT2D eigenvalue weighted by atomic mass is 10.1. The molecule has 0 unspecified atom stereocenters. The largest absolute Gasteiger partial charge is 0.378 e. The predicted octanol–water partition coefficient (Wildman–Crippen LogP) is 3.23. The summed E-state index contributed by atoms with van der Waals surface area (Å²) in [4.78, 5) is 14.6. The van der Waals surface area contributed by atoms with Gasteiger partial charge in [0, 0.05) is 29.9 Å². The second-order valence-electron chi connectivity index (χ2n) is 6.28. The zero-order valence-electron chi connectivity index (χ0n) is 14.8. The average Bonchev–Trinajstić information content (AvgIpc) is 2.75. The molecule has 6 nitrogen and oxygen atoms in total. The number of rotatable bonds is 4. The number of nitrogens with zero attached hydrogens (tertiary/aromatic N) is 3. The van der Waals surface area contributed by atoms with Crippen molar-refractivity contribution in [3.63, 3.8) is 0 Å². The summed E-state index contributed by atoms with van der Waals surface area (Å²) < 4.78 is 5.36. The molecule has 0 radical (unpaired) electrons. The van der Waals surface area contributed by atoms with Crippen LogP contribution in [-0.2, 0) is 4.74 Å². The molecule has 1 aliphatic rings. The molecule has 2 heterocycles. The summed E-state index contributed by atoms with van der Waals surface area (Å²) >= 11 is 0. The summed E-state index contributed by atoms with van der Waals surface area (Å²) in [5, 5.41) is 11.6. The molecule has 0 spiro atoms. The SMILES string of the molecule is O=C(Nc1ccccc1)c1cccc(-c2ccc(N3CCOCC3)nn2)c1. The summed E-state index contributed by atoms with van der Waals surface area (Å²) in [6.07, 6.45) is 0. The first-order valence-corrected chi connectivity index (χ1v) is 8.93. The van der Waals surface area contributed by atoms with Gasteiger partial charge in [0.1, 0.15) is 0 Å². The zero-order valence-corrected chi connectivity index (χ0v) is 14.8. The topological polar surface area (TPSA) is 67.4 Å². The lowest BCUT2D eigenvalue weighted by Crippen LogP contribution is -2.36. The maximum atomic E-state index is 12.5. The van der Waals surface area contributed by atoms with Crippen LogP contribution in [0.1, 0.15) is 10.4 Å². The van der Waals surface area contributed by atoms with E-state index in [1.165, 1.54) is 0 Å². The van der Waals surface area contributed by atoms with E-state index in [1.54, 1.807) is 6.07 Å². The quantitative estimate of drug-likeness (QED) is 0.774. The van der Waals surface area contributed by atoms with E-state index >= 15 is 0 Å². The molecule has 2 aromatic carbocycles. The number of hydrogen-bond acceptors (Lipinski definition) is 5. The van der Waals surface area contributed by atoms with Crippen molar-refractivity contribution in [3.05, 3.63) is 72.3 Å². The number of anilines is 2. The number of hydrogen-bond donors (Lipinski definition) is 1. The highest BCUT2D eigenvalue weighted by Crippen LogP contribution is 2.21. The van der Waals surface area contributed by atoms with E-state index in [4.69, 9.17) is 4.74 Å². The molecule has 0 aliphatic carbocycles. The fraction of sp³-hybridized carbons (Fsp3) is 0.190. The Morgan fingerprint density at radius 2 is 1.74 bits per heavy atom. The van der Waals surface area contributed by atoms with Gasteiger partial charge in [0.15, 0.2) is 5.82 Å². The van der Waals surface area contributed by atoms with Crippen molar-refractivity contribution < 1.29 is 9.53 Å². The second kappa shape index (κ2) is 7.97. The molecule has 3 aromatic rings. The fourth-order valence-electron chi connectivity index (χ4n) is 2.98. The number of ether oxygens (including phenoxy) is 1. The van der Waals surface area contributed by atoms with Gasteiger partial charge in [-0.1, -0.05) is 30.3 Å². The predicted molar refractivity (Wildman–Crippen MR) is 105 cm³/mol. The van der Waals surface area contributed by atoms with Crippen molar-refractivity contribution in [2.75, 3.05) is 36.5 Å². The van der Waals surface area contributed by atoms with Crippen LogP contribution in [0.2, 0.25) is 0 Å². The maximum Gasteiger partial charge on any atom is 0.255 e. The number of carbonyl (C=O) groups is 1. The van der Waals surface area contributed by atoms with Gasteiger partial charge in [-0.25, -0.2) is 0 Å². The lowest BCUT2D eigenvalue weighted by Gasteiger charge is -2.27. The molecule has 0 bridgehead atoms. The Bertz CT molecular complexity index is 907. The van der Waals surface area contributed by atoms with Gasteiger partial charge in [-0.05, 0) is 36.4 Å². The van der Waals surface area contributed by atoms with Gasteiger partial charge in [-0.3, -0.25) is 4.79 Å². The van der Waals surface area contributed by atoms with E-state index in [9.17, 15) is 4.79 Å². The molecule has 0 saturated carbocycles. The number of nitrogens with one attached hydrogen (secondary N) is 1. The van der Waals surface area contributed by atoms with Crippen molar-refractivity contribution in [1.82, 2.24) is 10.2 Å². The summed E-state index contributed by atoms with van der Waals surface area (Å²) in [5.74, 6) is 0.695. The van der Waals surface area contributed by atoms with E-state index in [2.05, 4.69) is 20.4 Å². The van der Waals surface area contributed by atoms with Crippen molar-refractivity contribution >= 4 is 17.4 Å². The maximum absolute atomic E-state index is 12.5. The van der Waals surface area contributed by atoms with Crippen LogP contribution in [0.25, 0.3) is 11.3 Å². The Labute approximate surface area is 157 Å². The normalized spacial score (nSPS) is 14.0. The summed E-state index contributed by atoms with van der Waals surface area (Å²) in [5.41, 5.74) is 2.94. The van der Waals surface area contributed by atoms with Crippen molar-refractivity contribution in [2.24, 2.45) is 0 Å². The first-order valence-electron chi connectivity index (χ1n) is 8.93. The summed E-state index contributed by atoms with van der Waals surface area (Å²) in [6, 6.07) is 20.7. The van der Waals surface area contributed by atoms with Crippen molar-refractivity contribution in [1.29, 1.82) is 0 Å². The van der Waals surface area contributed by atoms with Gasteiger partial charge in [-0.2, -0.15) is 0 Å². The highest BCUT2D eigenvalue weighted by Gasteiger charge is 2.13. The Kier molecular flexibility index (Phi) is 5.07. The molecule has 6 heteroatoms. The van der Waals surface area contributed by atoms with E-state index in [1.807, 2.05) is 60.7 Å². The standard InChI is InChI=1S/C21H20N4O2/c26-21(22-18-7-2-1-3-8-18)17-6-4-5-16(15-17)19-9-10-20(24-23-19)25-11-13-27-14-12-25/h1-10,15H,11-14H2,(H,22,26). The number of aromatic nitrogens is 2. The Morgan fingerprint density at radius 3 is 2.48 bits per heavy atom. The first-order chi connectivity index (χ1) is 13.3. The van der Waals surface area contributed by atoms with Crippen LogP contribution in [0.15, 0.2) is 66.7 Å². The van der Waals surface area contributed by atoms with E-state index in [0.29, 0.717) is 18.8 Å². The highest BCUT2D eigenvalue weighted by atomic mass is 16.5. The summed E-state index contributed by atoms with van der Waals surface area (Å²) in [7, 11) is 0. The smallest absolute Gasteiger partial charge is 0.255 e. The van der Waals surface area contributed by atoms with Gasteiger partial charge in [-0.15, -0.1) is 10.2 Å². The first kappa shape index (κ1) is 17.2. The second-order valence-corrected chi connectivity index (χ2v) is 6.28. The molecular weight excluding hydrogens is 340 g/mol. The van der Waals surface area contributed by atoms with Gasteiger partial charge < -0.3 is 15.0 Å². The van der Waals surface area contributed by atoms with Gasteiger partial charge in [0.2, 0.25) is 0 Å². The molecule has 136 valence electrons. The van der Waals surface area contributed by atoms with E-state index in [0.717, 1.165) is 35.9 Å². The van der Waals surface area contributed by atoms with Crippen LogP contribution in [0.4, 0.5) is 11.5 Å². The number of morpholine rings is 1. The van der Waals surface area contributed by atoms with Crippen LogP contribution in [0, 0.1) is 0 Å². The molecule has 1 fully saturated rings. The number of para-hydroxylation sites is 1. The molecule has 4 rings (SSSR count). The third-order valence-corrected chi connectivity index (χ3v) is 4.44. The zero-order chi connectivity index (χ0) is 18.5. The van der Waals surface area contributed by atoms with E-state index < -0.39 is 0 Å². The molecule has 1 saturated heterocycles. The Morgan fingerprint density at radius 1 is 0.926 bits per heavy atom. The van der Waals surface area contributed by atoms with Crippen LogP contribution < -0.4 is 10.2 Å². The molecule has 0 atom stereocenters. The molecule has 1 aromatic heterocycles. The molecular formula is C21H20N4O2. The molecule has 1 aliphatic heterocycles. The van der Waals surface area contributed by atoms with Gasteiger partial charge in [0.25, 0.3) is 5.91 Å². The average molecular weight is 360 g/mol. The minimum atomic E-state index is -0.152. The monoisotopic (exact) mass is 360 g/mol. The van der Waals surface area contributed by atoms with Crippen LogP contribution in [0.3, 0.4) is 0 Å². The highest BCUT2D eigenvalue weighted by molar-refractivity contribution is 6.04. The summed E-state index contributed by atoms with van der Waals surface area (Å²) in [6.45, 7) is 3.07. The van der Waals surface area contributed by atoms with Gasteiger partial charge >= 0.3 is 0 Å². The number of benzene rings is 2. The van der Waals surface area contributed by atoms with Crippen LogP contribution in [0.5, 0.6) is 0 Å². The fourth-order valence-corrected chi connectivity index (χ4v) is 2.98. The molecule has 1 amide bonds. The van der Waals surface area contributed by atoms with E-state index in [-0.39, 0.29) is 5.91 Å². The number of amides is 1. The minimum absolute atomic E-state index is 0.152. The molecule has 27 heavy (non-hydrogen) atoms. The number of carbonyl (C=O) groups excluding carboxylic acids is 1.